The first-order valence-corrected chi connectivity index (χ1v) is 6.29. The quantitative estimate of drug-likeness (QED) is 0.839. The highest BCUT2D eigenvalue weighted by molar-refractivity contribution is 5.59. The maximum absolute atomic E-state index is 5.89. The lowest BCUT2D eigenvalue weighted by Gasteiger charge is -2.29. The van der Waals surface area contributed by atoms with Crippen LogP contribution in [0.4, 0.5) is 5.69 Å². The molecule has 1 aliphatic heterocycles. The average Bonchev–Trinajstić information content (AvgIpc) is 3.01. The van der Waals surface area contributed by atoms with Crippen molar-refractivity contribution in [2.75, 3.05) is 18.0 Å². The van der Waals surface area contributed by atoms with E-state index in [1.165, 1.54) is 30.5 Å². The van der Waals surface area contributed by atoms with E-state index in [4.69, 9.17) is 5.73 Å². The van der Waals surface area contributed by atoms with Crippen LogP contribution in [0.15, 0.2) is 24.3 Å². The Labute approximate surface area is 97.4 Å². The number of anilines is 1. The van der Waals surface area contributed by atoms with Crippen LogP contribution < -0.4 is 10.6 Å². The van der Waals surface area contributed by atoms with Gasteiger partial charge in [0, 0.05) is 23.7 Å². The van der Waals surface area contributed by atoms with Crippen LogP contribution in [0.1, 0.15) is 25.3 Å². The van der Waals surface area contributed by atoms with Crippen LogP contribution in [0.3, 0.4) is 0 Å². The lowest BCUT2D eigenvalue weighted by molar-refractivity contribution is 0.489. The fourth-order valence-electron chi connectivity index (χ4n) is 2.84. The fourth-order valence-corrected chi connectivity index (χ4v) is 2.84. The summed E-state index contributed by atoms with van der Waals surface area (Å²) in [7, 11) is 0. The number of para-hydroxylation sites is 1. The molecule has 1 aromatic carbocycles. The van der Waals surface area contributed by atoms with Crippen LogP contribution in [0.25, 0.3) is 0 Å². The van der Waals surface area contributed by atoms with Gasteiger partial charge >= 0.3 is 0 Å². The van der Waals surface area contributed by atoms with Gasteiger partial charge in [0.15, 0.2) is 0 Å². The van der Waals surface area contributed by atoms with E-state index >= 15 is 0 Å². The summed E-state index contributed by atoms with van der Waals surface area (Å²) in [6.45, 7) is 4.33. The third kappa shape index (κ3) is 1.52. The Morgan fingerprint density at radius 3 is 2.81 bits per heavy atom. The molecular weight excluding hydrogens is 196 g/mol. The molecule has 16 heavy (non-hydrogen) atoms. The first kappa shape index (κ1) is 10.2. The summed E-state index contributed by atoms with van der Waals surface area (Å²) in [4.78, 5) is 2.56. The summed E-state index contributed by atoms with van der Waals surface area (Å²) in [5.41, 5.74) is 9.26. The molecule has 2 aliphatic rings. The monoisotopic (exact) mass is 216 g/mol. The molecule has 1 aliphatic carbocycles. The second-order valence-electron chi connectivity index (χ2n) is 5.51. The zero-order valence-corrected chi connectivity index (χ0v) is 9.95. The van der Waals surface area contributed by atoms with Crippen molar-refractivity contribution >= 4 is 5.69 Å². The Hall–Kier alpha value is -1.02. The molecule has 2 nitrogen and oxygen atoms in total. The normalized spacial score (nSPS) is 25.6. The van der Waals surface area contributed by atoms with E-state index in [0.29, 0.717) is 11.5 Å². The molecule has 3 rings (SSSR count). The molecule has 0 saturated heterocycles. The van der Waals surface area contributed by atoms with Gasteiger partial charge in [-0.15, -0.1) is 0 Å². The second kappa shape index (κ2) is 3.49. The summed E-state index contributed by atoms with van der Waals surface area (Å²) < 4.78 is 0. The number of hydrogen-bond acceptors (Lipinski definition) is 2. The van der Waals surface area contributed by atoms with Gasteiger partial charge < -0.3 is 10.6 Å². The van der Waals surface area contributed by atoms with Crippen LogP contribution in [0, 0.1) is 5.41 Å². The van der Waals surface area contributed by atoms with E-state index in [1.54, 1.807) is 0 Å². The molecule has 1 atom stereocenters. The van der Waals surface area contributed by atoms with Gasteiger partial charge in [-0.05, 0) is 44.4 Å². The van der Waals surface area contributed by atoms with Crippen LogP contribution in [0.5, 0.6) is 0 Å². The maximum atomic E-state index is 5.89. The number of hydrogen-bond donors (Lipinski definition) is 1. The minimum Gasteiger partial charge on any atom is -0.368 e. The Bertz CT molecular complexity index is 395. The third-order valence-electron chi connectivity index (χ3n) is 4.24. The van der Waals surface area contributed by atoms with Crippen molar-refractivity contribution in [1.82, 2.24) is 0 Å². The van der Waals surface area contributed by atoms with Gasteiger partial charge in [-0.2, -0.15) is 0 Å². The van der Waals surface area contributed by atoms with Crippen molar-refractivity contribution in [3.05, 3.63) is 29.8 Å². The largest absolute Gasteiger partial charge is 0.368 e. The molecule has 1 saturated carbocycles. The van der Waals surface area contributed by atoms with Crippen LogP contribution in [-0.2, 0) is 6.42 Å². The first-order valence-electron chi connectivity index (χ1n) is 6.29. The van der Waals surface area contributed by atoms with Crippen molar-refractivity contribution in [1.29, 1.82) is 0 Å². The predicted octanol–water partition coefficient (Wildman–Crippen LogP) is 2.18. The van der Waals surface area contributed by atoms with E-state index in [0.717, 1.165) is 13.1 Å². The zero-order valence-electron chi connectivity index (χ0n) is 9.95. The van der Waals surface area contributed by atoms with Gasteiger partial charge in [0.1, 0.15) is 0 Å². The van der Waals surface area contributed by atoms with Gasteiger partial charge in [-0.3, -0.25) is 0 Å². The average molecular weight is 216 g/mol. The van der Waals surface area contributed by atoms with E-state index < -0.39 is 0 Å². The summed E-state index contributed by atoms with van der Waals surface area (Å²) in [6.07, 6.45) is 3.82. The smallest absolute Gasteiger partial charge is 0.0402 e. The molecule has 1 unspecified atom stereocenters. The van der Waals surface area contributed by atoms with Crippen LogP contribution in [0.2, 0.25) is 0 Å². The number of benzene rings is 1. The van der Waals surface area contributed by atoms with Gasteiger partial charge in [-0.1, -0.05) is 18.2 Å². The van der Waals surface area contributed by atoms with Crippen molar-refractivity contribution in [3.63, 3.8) is 0 Å². The summed E-state index contributed by atoms with van der Waals surface area (Å²) in [6, 6.07) is 9.44. The number of nitrogens with two attached hydrogens (primary N) is 1. The molecule has 2 heteroatoms. The minimum absolute atomic E-state index is 0.436. The van der Waals surface area contributed by atoms with E-state index in [-0.39, 0.29) is 0 Å². The van der Waals surface area contributed by atoms with Crippen LogP contribution in [-0.4, -0.2) is 19.1 Å². The molecule has 86 valence electrons. The van der Waals surface area contributed by atoms with E-state index in [1.807, 2.05) is 0 Å². The molecule has 0 aromatic heterocycles. The number of rotatable bonds is 3. The molecule has 0 spiro atoms. The number of fused-ring (bicyclic) bond motifs is 1. The topological polar surface area (TPSA) is 29.3 Å². The standard InChI is InChI=1S/C14H20N2/c1-11-8-12-4-2-3-5-13(12)16(11)10-14(9-15)6-7-14/h2-5,11H,6-10,15H2,1H3. The van der Waals surface area contributed by atoms with Crippen molar-refractivity contribution < 1.29 is 0 Å². The summed E-state index contributed by atoms with van der Waals surface area (Å²) in [5.74, 6) is 0. The Balaban J connectivity index is 1.85. The molecule has 2 N–H and O–H groups in total. The van der Waals surface area contributed by atoms with Crippen molar-refractivity contribution in [2.45, 2.75) is 32.2 Å². The minimum atomic E-state index is 0.436. The van der Waals surface area contributed by atoms with Gasteiger partial charge in [0.25, 0.3) is 0 Å². The predicted molar refractivity (Wildman–Crippen MR) is 67.7 cm³/mol. The molecular formula is C14H20N2. The van der Waals surface area contributed by atoms with E-state index in [9.17, 15) is 0 Å². The van der Waals surface area contributed by atoms with E-state index in [2.05, 4.69) is 36.1 Å². The lowest BCUT2D eigenvalue weighted by Crippen LogP contribution is -2.37. The second-order valence-corrected chi connectivity index (χ2v) is 5.51. The van der Waals surface area contributed by atoms with Gasteiger partial charge in [0.2, 0.25) is 0 Å². The molecule has 1 fully saturated rings. The number of nitrogens with zero attached hydrogens (tertiary/aromatic N) is 1. The first-order chi connectivity index (χ1) is 7.74. The highest BCUT2D eigenvalue weighted by atomic mass is 15.2. The summed E-state index contributed by atoms with van der Waals surface area (Å²) >= 11 is 0. The van der Waals surface area contributed by atoms with Gasteiger partial charge in [-0.25, -0.2) is 0 Å². The Morgan fingerprint density at radius 1 is 1.38 bits per heavy atom. The molecule has 1 heterocycles. The molecule has 1 aromatic rings. The molecule has 0 radical (unpaired) electrons. The SMILES string of the molecule is CC1Cc2ccccc2N1CC1(CN)CC1. The Kier molecular flexibility index (Phi) is 2.21. The van der Waals surface area contributed by atoms with Crippen LogP contribution >= 0.6 is 0 Å². The third-order valence-corrected chi connectivity index (χ3v) is 4.24. The van der Waals surface area contributed by atoms with Gasteiger partial charge in [0.05, 0.1) is 0 Å². The Morgan fingerprint density at radius 2 is 2.12 bits per heavy atom. The van der Waals surface area contributed by atoms with Crippen molar-refractivity contribution in [3.8, 4) is 0 Å². The van der Waals surface area contributed by atoms with Crippen molar-refractivity contribution in [2.24, 2.45) is 11.1 Å². The maximum Gasteiger partial charge on any atom is 0.0402 e. The fraction of sp³-hybridized carbons (Fsp3) is 0.571. The highest BCUT2D eigenvalue weighted by Gasteiger charge is 2.44. The molecule has 0 bridgehead atoms. The lowest BCUT2D eigenvalue weighted by atomic mass is 10.1. The molecule has 0 amide bonds. The highest BCUT2D eigenvalue weighted by Crippen LogP contribution is 2.47. The zero-order chi connectivity index (χ0) is 11.2. The summed E-state index contributed by atoms with van der Waals surface area (Å²) in [5, 5.41) is 0.